The van der Waals surface area contributed by atoms with E-state index in [1.807, 2.05) is 0 Å². The summed E-state index contributed by atoms with van der Waals surface area (Å²) in [5, 5.41) is 6.04. The molecule has 1 aliphatic carbocycles. The van der Waals surface area contributed by atoms with Crippen LogP contribution in [0, 0.1) is 11.7 Å². The first-order valence-corrected chi connectivity index (χ1v) is 11.2. The van der Waals surface area contributed by atoms with Crippen LogP contribution in [0.2, 0.25) is 0 Å². The van der Waals surface area contributed by atoms with Crippen LogP contribution < -0.4 is 16.4 Å². The minimum Gasteiger partial charge on any atom is -0.369 e. The molecule has 2 aromatic carbocycles. The summed E-state index contributed by atoms with van der Waals surface area (Å²) in [5.74, 6) is -0.944. The number of hydrogen-bond acceptors (Lipinski definition) is 5. The number of nitrogens with zero attached hydrogens (tertiary/aromatic N) is 2. The van der Waals surface area contributed by atoms with Crippen LogP contribution in [0.1, 0.15) is 47.6 Å². The van der Waals surface area contributed by atoms with Gasteiger partial charge >= 0.3 is 6.18 Å². The van der Waals surface area contributed by atoms with Crippen LogP contribution in [0.15, 0.2) is 54.9 Å². The molecular weight excluding hydrogens is 462 g/mol. The summed E-state index contributed by atoms with van der Waals surface area (Å²) in [6.07, 6.45) is -0.247. The molecular formula is C25H25F4N5O. The molecule has 1 unspecified atom stereocenters. The Bertz CT molecular complexity index is 1160. The van der Waals surface area contributed by atoms with Crippen molar-refractivity contribution in [2.75, 3.05) is 10.6 Å². The van der Waals surface area contributed by atoms with Crippen LogP contribution in [-0.2, 0) is 23.9 Å². The quantitative estimate of drug-likeness (QED) is 0.360. The van der Waals surface area contributed by atoms with Crippen LogP contribution in [-0.4, -0.2) is 15.9 Å². The van der Waals surface area contributed by atoms with E-state index < -0.39 is 23.5 Å². The van der Waals surface area contributed by atoms with E-state index in [0.29, 0.717) is 5.56 Å². The van der Waals surface area contributed by atoms with Gasteiger partial charge < -0.3 is 16.4 Å². The van der Waals surface area contributed by atoms with Gasteiger partial charge in [0.05, 0.1) is 18.0 Å². The van der Waals surface area contributed by atoms with Gasteiger partial charge in [0.25, 0.3) is 0 Å². The van der Waals surface area contributed by atoms with Crippen molar-refractivity contribution >= 4 is 17.5 Å². The molecule has 1 aromatic heterocycles. The minimum atomic E-state index is -4.42. The number of primary amides is 1. The summed E-state index contributed by atoms with van der Waals surface area (Å²) in [4.78, 5) is 19.0. The molecule has 1 aliphatic rings. The maximum absolute atomic E-state index is 15.2. The third kappa shape index (κ3) is 6.06. The SMILES string of the molecule is NC(=O)Cc1ccc(CNc2ncnc(NC(c3ccc(C(F)(F)F)cc3)C3CCC3)c2F)cc1. The number of anilines is 2. The molecule has 0 aliphatic heterocycles. The minimum absolute atomic E-state index is 0.00323. The molecule has 1 atom stereocenters. The normalized spacial score (nSPS) is 14.7. The highest BCUT2D eigenvalue weighted by atomic mass is 19.4. The van der Waals surface area contributed by atoms with Gasteiger partial charge in [-0.25, -0.2) is 9.97 Å². The first kappa shape index (κ1) is 24.4. The molecule has 35 heavy (non-hydrogen) atoms. The lowest BCUT2D eigenvalue weighted by atomic mass is 9.77. The first-order valence-electron chi connectivity index (χ1n) is 11.2. The van der Waals surface area contributed by atoms with E-state index in [1.165, 1.54) is 18.5 Å². The van der Waals surface area contributed by atoms with Crippen molar-refractivity contribution in [3.63, 3.8) is 0 Å². The predicted molar refractivity (Wildman–Crippen MR) is 124 cm³/mol. The van der Waals surface area contributed by atoms with E-state index in [0.717, 1.165) is 42.5 Å². The average Bonchev–Trinajstić information content (AvgIpc) is 2.78. The van der Waals surface area contributed by atoms with Crippen LogP contribution >= 0.6 is 0 Å². The van der Waals surface area contributed by atoms with Crippen molar-refractivity contribution < 1.29 is 22.4 Å². The zero-order chi connectivity index (χ0) is 25.0. The predicted octanol–water partition coefficient (Wildman–Crippen LogP) is 5.23. The molecule has 1 saturated carbocycles. The van der Waals surface area contributed by atoms with Crippen molar-refractivity contribution in [3.05, 3.63) is 82.9 Å². The Morgan fingerprint density at radius 3 is 2.20 bits per heavy atom. The second kappa shape index (κ2) is 10.3. The molecule has 10 heteroatoms. The summed E-state index contributed by atoms with van der Waals surface area (Å²) >= 11 is 0. The molecule has 1 fully saturated rings. The molecule has 184 valence electrons. The molecule has 0 spiro atoms. The van der Waals surface area contributed by atoms with E-state index >= 15 is 4.39 Å². The standard InChI is InChI=1S/C25H25F4N5O/c26-21-23(31-13-16-6-4-15(5-7-16)12-20(30)35)32-14-33-24(21)34-22(17-2-1-3-17)18-8-10-19(11-9-18)25(27,28)29/h4-11,14,17,22H,1-3,12-13H2,(H2,30,35)(H2,31,32,33,34). The molecule has 0 radical (unpaired) electrons. The summed E-state index contributed by atoms with van der Waals surface area (Å²) in [6, 6.07) is 11.7. The fourth-order valence-electron chi connectivity index (χ4n) is 4.03. The largest absolute Gasteiger partial charge is 0.416 e. The fourth-order valence-corrected chi connectivity index (χ4v) is 4.03. The zero-order valence-electron chi connectivity index (χ0n) is 18.8. The van der Waals surface area contributed by atoms with Crippen molar-refractivity contribution in [1.82, 2.24) is 9.97 Å². The molecule has 1 heterocycles. The van der Waals surface area contributed by atoms with E-state index in [9.17, 15) is 18.0 Å². The van der Waals surface area contributed by atoms with Gasteiger partial charge in [-0.1, -0.05) is 42.8 Å². The average molecular weight is 488 g/mol. The summed E-state index contributed by atoms with van der Waals surface area (Å²) < 4.78 is 54.1. The van der Waals surface area contributed by atoms with Crippen LogP contribution in [0.25, 0.3) is 0 Å². The van der Waals surface area contributed by atoms with Crippen LogP contribution in [0.5, 0.6) is 0 Å². The monoisotopic (exact) mass is 487 g/mol. The number of rotatable bonds is 9. The Balaban J connectivity index is 1.47. The summed E-state index contributed by atoms with van der Waals surface area (Å²) in [5.41, 5.74) is 6.75. The highest BCUT2D eigenvalue weighted by Crippen LogP contribution is 2.41. The van der Waals surface area contributed by atoms with Crippen molar-refractivity contribution in [2.24, 2.45) is 11.7 Å². The molecule has 6 nitrogen and oxygen atoms in total. The molecule has 3 aromatic rings. The number of nitrogens with two attached hydrogens (primary N) is 1. The van der Waals surface area contributed by atoms with Gasteiger partial charge in [0, 0.05) is 6.54 Å². The second-order valence-corrected chi connectivity index (χ2v) is 8.63. The number of hydrogen-bond donors (Lipinski definition) is 3. The number of amides is 1. The van der Waals surface area contributed by atoms with Crippen molar-refractivity contribution in [2.45, 2.75) is 44.4 Å². The van der Waals surface area contributed by atoms with Crippen LogP contribution in [0.3, 0.4) is 0 Å². The number of aromatic nitrogens is 2. The summed E-state index contributed by atoms with van der Waals surface area (Å²) in [7, 11) is 0. The lowest BCUT2D eigenvalue weighted by Crippen LogP contribution is -2.27. The smallest absolute Gasteiger partial charge is 0.369 e. The Morgan fingerprint density at radius 1 is 1.00 bits per heavy atom. The Kier molecular flexibility index (Phi) is 7.18. The zero-order valence-corrected chi connectivity index (χ0v) is 18.8. The van der Waals surface area contributed by atoms with Crippen molar-refractivity contribution in [1.29, 1.82) is 0 Å². The van der Waals surface area contributed by atoms with Gasteiger partial charge in [-0.05, 0) is 47.6 Å². The number of benzene rings is 2. The van der Waals surface area contributed by atoms with E-state index in [4.69, 9.17) is 5.73 Å². The third-order valence-corrected chi connectivity index (χ3v) is 6.16. The van der Waals surface area contributed by atoms with Gasteiger partial charge in [-0.2, -0.15) is 17.6 Å². The van der Waals surface area contributed by atoms with Crippen molar-refractivity contribution in [3.8, 4) is 0 Å². The number of halogens is 4. The number of nitrogens with one attached hydrogen (secondary N) is 2. The third-order valence-electron chi connectivity index (χ3n) is 6.16. The first-order chi connectivity index (χ1) is 16.7. The number of alkyl halides is 3. The second-order valence-electron chi connectivity index (χ2n) is 8.63. The maximum Gasteiger partial charge on any atom is 0.416 e. The van der Waals surface area contributed by atoms with Gasteiger partial charge in [-0.15, -0.1) is 0 Å². The highest BCUT2D eigenvalue weighted by Gasteiger charge is 2.33. The van der Waals surface area contributed by atoms with Gasteiger partial charge in [-0.3, -0.25) is 4.79 Å². The number of carbonyl (C=O) groups is 1. The summed E-state index contributed by atoms with van der Waals surface area (Å²) in [6.45, 7) is 0.287. The van der Waals surface area contributed by atoms with E-state index in [-0.39, 0.29) is 36.6 Å². The van der Waals surface area contributed by atoms with Gasteiger partial charge in [0.1, 0.15) is 6.33 Å². The number of carbonyl (C=O) groups excluding carboxylic acids is 1. The molecule has 4 N–H and O–H groups in total. The lowest BCUT2D eigenvalue weighted by Gasteiger charge is -2.35. The molecule has 0 bridgehead atoms. The lowest BCUT2D eigenvalue weighted by molar-refractivity contribution is -0.137. The molecule has 0 saturated heterocycles. The highest BCUT2D eigenvalue weighted by molar-refractivity contribution is 5.76. The van der Waals surface area contributed by atoms with E-state index in [2.05, 4.69) is 20.6 Å². The van der Waals surface area contributed by atoms with Gasteiger partial charge in [0.15, 0.2) is 11.6 Å². The maximum atomic E-state index is 15.2. The van der Waals surface area contributed by atoms with Gasteiger partial charge in [0.2, 0.25) is 11.7 Å². The van der Waals surface area contributed by atoms with Crippen LogP contribution in [0.4, 0.5) is 29.2 Å². The van der Waals surface area contributed by atoms with E-state index in [1.54, 1.807) is 24.3 Å². The Hall–Kier alpha value is -3.69. The Morgan fingerprint density at radius 2 is 1.63 bits per heavy atom. The molecule has 4 rings (SSSR count). The topological polar surface area (TPSA) is 92.9 Å². The molecule has 1 amide bonds. The Labute approximate surface area is 200 Å². The fraction of sp³-hybridized carbons (Fsp3) is 0.320.